The molecule has 0 fully saturated rings. The van der Waals surface area contributed by atoms with Crippen LogP contribution in [0.25, 0.3) is 0 Å². The topological polar surface area (TPSA) is 112 Å². The van der Waals surface area contributed by atoms with E-state index < -0.39 is 28.6 Å². The van der Waals surface area contributed by atoms with Gasteiger partial charge in [-0.2, -0.15) is 0 Å². The largest absolute Gasteiger partial charge is 0.550 e. The average molecular weight is 369 g/mol. The summed E-state index contributed by atoms with van der Waals surface area (Å²) in [5.41, 5.74) is 3.19. The number of carboxylic acids is 1. The van der Waals surface area contributed by atoms with Crippen molar-refractivity contribution < 1.29 is 19.6 Å². The zero-order valence-corrected chi connectivity index (χ0v) is 15.4. The number of benzene rings is 2. The number of hydrogen-bond donors (Lipinski definition) is 1. The molecule has 142 valence electrons. The Hall–Kier alpha value is -3.22. The average Bonchev–Trinajstić information content (AvgIpc) is 2.58. The lowest BCUT2D eigenvalue weighted by Gasteiger charge is -2.24. The quantitative estimate of drug-likeness (QED) is 0.595. The fourth-order valence-corrected chi connectivity index (χ4v) is 3.00. The Morgan fingerprint density at radius 1 is 1.07 bits per heavy atom. The molecule has 2 aromatic rings. The summed E-state index contributed by atoms with van der Waals surface area (Å²) in [5.74, 6) is -3.61. The second-order valence-corrected chi connectivity index (χ2v) is 6.71. The number of rotatable bonds is 7. The summed E-state index contributed by atoms with van der Waals surface area (Å²) in [5, 5.41) is 24.7. The smallest absolute Gasteiger partial charge is 0.269 e. The highest BCUT2D eigenvalue weighted by Crippen LogP contribution is 2.23. The normalized spacial score (nSPS) is 12.9. The van der Waals surface area contributed by atoms with Gasteiger partial charge in [-0.3, -0.25) is 14.9 Å². The minimum absolute atomic E-state index is 0.0945. The second kappa shape index (κ2) is 8.44. The Balaban J connectivity index is 2.23. The molecule has 1 N–H and O–H groups in total. The van der Waals surface area contributed by atoms with Crippen LogP contribution in [0.5, 0.6) is 0 Å². The van der Waals surface area contributed by atoms with Crippen LogP contribution in [0.3, 0.4) is 0 Å². The van der Waals surface area contributed by atoms with Crippen molar-refractivity contribution in [2.75, 3.05) is 5.32 Å². The van der Waals surface area contributed by atoms with Gasteiger partial charge in [-0.05, 0) is 38.0 Å². The number of nitrogens with zero attached hydrogens (tertiary/aromatic N) is 1. The number of aliphatic carboxylic acids is 1. The predicted octanol–water partition coefficient (Wildman–Crippen LogP) is 2.40. The van der Waals surface area contributed by atoms with Crippen LogP contribution in [0.2, 0.25) is 0 Å². The number of carboxylic acid groups (broad SMARTS) is 1. The zero-order valence-electron chi connectivity index (χ0n) is 15.4. The van der Waals surface area contributed by atoms with Crippen LogP contribution in [0, 0.1) is 35.8 Å². The first-order valence-electron chi connectivity index (χ1n) is 8.50. The Kier molecular flexibility index (Phi) is 6.28. The van der Waals surface area contributed by atoms with Crippen LogP contribution in [0.1, 0.15) is 23.6 Å². The predicted molar refractivity (Wildman–Crippen MR) is 99.0 cm³/mol. The fourth-order valence-electron chi connectivity index (χ4n) is 3.00. The summed E-state index contributed by atoms with van der Waals surface area (Å²) < 4.78 is 0. The first-order valence-corrected chi connectivity index (χ1v) is 8.50. The summed E-state index contributed by atoms with van der Waals surface area (Å²) in [7, 11) is 0. The molecule has 2 rings (SSSR count). The maximum Gasteiger partial charge on any atom is 0.269 e. The van der Waals surface area contributed by atoms with Crippen LogP contribution in [-0.4, -0.2) is 16.8 Å². The van der Waals surface area contributed by atoms with Crippen LogP contribution >= 0.6 is 0 Å². The highest BCUT2D eigenvalue weighted by molar-refractivity contribution is 5.95. The van der Waals surface area contributed by atoms with Gasteiger partial charge in [-0.15, -0.1) is 0 Å². The van der Waals surface area contributed by atoms with Crippen molar-refractivity contribution in [1.29, 1.82) is 0 Å². The van der Waals surface area contributed by atoms with Crippen LogP contribution in [-0.2, 0) is 16.0 Å². The van der Waals surface area contributed by atoms with E-state index in [0.717, 1.165) is 16.7 Å². The highest BCUT2D eigenvalue weighted by Gasteiger charge is 2.27. The molecule has 0 radical (unpaired) electrons. The molecule has 0 bridgehead atoms. The number of carbonyl (C=O) groups is 2. The third-order valence-corrected chi connectivity index (χ3v) is 4.39. The van der Waals surface area contributed by atoms with E-state index in [2.05, 4.69) is 5.32 Å². The van der Waals surface area contributed by atoms with E-state index in [1.165, 1.54) is 31.2 Å². The van der Waals surface area contributed by atoms with Crippen molar-refractivity contribution in [2.24, 2.45) is 11.8 Å². The second-order valence-electron chi connectivity index (χ2n) is 6.71. The van der Waals surface area contributed by atoms with Crippen molar-refractivity contribution in [3.05, 3.63) is 69.3 Å². The summed E-state index contributed by atoms with van der Waals surface area (Å²) in [6.07, 6.45) is 0.247. The number of amides is 1. The van der Waals surface area contributed by atoms with Crippen LogP contribution in [0.15, 0.2) is 42.5 Å². The first-order chi connectivity index (χ1) is 12.7. The van der Waals surface area contributed by atoms with E-state index in [0.29, 0.717) is 5.69 Å². The van der Waals surface area contributed by atoms with E-state index in [9.17, 15) is 24.8 Å². The molecule has 7 heteroatoms. The van der Waals surface area contributed by atoms with E-state index in [1.807, 2.05) is 32.0 Å². The zero-order chi connectivity index (χ0) is 20.1. The van der Waals surface area contributed by atoms with Gasteiger partial charge in [0.25, 0.3) is 5.69 Å². The van der Waals surface area contributed by atoms with E-state index in [-0.39, 0.29) is 12.1 Å². The number of non-ortho nitro benzene ring substituents is 1. The Bertz CT molecular complexity index is 841. The van der Waals surface area contributed by atoms with Gasteiger partial charge in [0.15, 0.2) is 0 Å². The molecule has 0 aliphatic heterocycles. The highest BCUT2D eigenvalue weighted by atomic mass is 16.6. The standard InChI is InChI=1S/C20H22N2O5/c1-12-8-13(2)10-15(9-12)11-18(14(3)20(24)25)19(23)21-16-4-6-17(7-5-16)22(26)27/h4-10,14,18H,11H2,1-3H3,(H,21,23)(H,24,25)/p-1/t14-,18+/m1/s1. The molecule has 7 nitrogen and oxygen atoms in total. The van der Waals surface area contributed by atoms with E-state index in [4.69, 9.17) is 0 Å². The molecule has 0 saturated carbocycles. The van der Waals surface area contributed by atoms with Gasteiger partial charge in [-0.25, -0.2) is 0 Å². The molecule has 0 spiro atoms. The minimum atomic E-state index is -1.30. The Labute approximate surface area is 157 Å². The molecular formula is C20H21N2O5-. The van der Waals surface area contributed by atoms with Crippen molar-refractivity contribution in [3.63, 3.8) is 0 Å². The summed E-state index contributed by atoms with van der Waals surface area (Å²) >= 11 is 0. The Morgan fingerprint density at radius 3 is 2.11 bits per heavy atom. The molecule has 0 aliphatic carbocycles. The van der Waals surface area contributed by atoms with Crippen molar-refractivity contribution in [2.45, 2.75) is 27.2 Å². The van der Waals surface area contributed by atoms with Gasteiger partial charge in [-0.1, -0.05) is 36.2 Å². The number of hydrogen-bond acceptors (Lipinski definition) is 5. The van der Waals surface area contributed by atoms with Gasteiger partial charge in [0.05, 0.1) is 10.8 Å². The number of nitro benzene ring substituents is 1. The molecule has 2 aromatic carbocycles. The van der Waals surface area contributed by atoms with Gasteiger partial charge in [0.2, 0.25) is 5.91 Å². The lowest BCUT2D eigenvalue weighted by molar-refractivity contribution is -0.384. The molecule has 0 saturated heterocycles. The summed E-state index contributed by atoms with van der Waals surface area (Å²) in [4.78, 5) is 34.3. The minimum Gasteiger partial charge on any atom is -0.550 e. The molecule has 0 unspecified atom stereocenters. The van der Waals surface area contributed by atoms with Crippen molar-refractivity contribution in [3.8, 4) is 0 Å². The molecule has 27 heavy (non-hydrogen) atoms. The molecule has 0 aromatic heterocycles. The SMILES string of the molecule is Cc1cc(C)cc(C[C@H](C(=O)Nc2ccc([N+](=O)[O-])cc2)[C@@H](C)C(=O)[O-])c1. The van der Waals surface area contributed by atoms with Gasteiger partial charge in [0.1, 0.15) is 0 Å². The first kappa shape index (κ1) is 20.1. The number of nitrogens with one attached hydrogen (secondary N) is 1. The monoisotopic (exact) mass is 369 g/mol. The fraction of sp³-hybridized carbons (Fsp3) is 0.300. The Morgan fingerprint density at radius 2 is 1.63 bits per heavy atom. The van der Waals surface area contributed by atoms with Crippen molar-refractivity contribution >= 4 is 23.3 Å². The van der Waals surface area contributed by atoms with Crippen LogP contribution < -0.4 is 10.4 Å². The van der Waals surface area contributed by atoms with Crippen molar-refractivity contribution in [1.82, 2.24) is 0 Å². The third kappa shape index (κ3) is 5.37. The van der Waals surface area contributed by atoms with Gasteiger partial charge < -0.3 is 15.2 Å². The van der Waals surface area contributed by atoms with Gasteiger partial charge >= 0.3 is 0 Å². The molecule has 2 atom stereocenters. The number of aryl methyl sites for hydroxylation is 2. The summed E-state index contributed by atoms with van der Waals surface area (Å²) in [6.45, 7) is 5.31. The third-order valence-electron chi connectivity index (χ3n) is 4.39. The van der Waals surface area contributed by atoms with E-state index >= 15 is 0 Å². The maximum atomic E-state index is 12.7. The lowest BCUT2D eigenvalue weighted by Crippen LogP contribution is -2.40. The van der Waals surface area contributed by atoms with E-state index in [1.54, 1.807) is 0 Å². The number of anilines is 1. The number of nitro groups is 1. The molecule has 0 heterocycles. The lowest BCUT2D eigenvalue weighted by atomic mass is 9.86. The maximum absolute atomic E-state index is 12.7. The van der Waals surface area contributed by atoms with Crippen LogP contribution in [0.4, 0.5) is 11.4 Å². The molecule has 0 aliphatic rings. The molecular weight excluding hydrogens is 348 g/mol. The number of carbonyl (C=O) groups excluding carboxylic acids is 2. The molecule has 1 amide bonds. The van der Waals surface area contributed by atoms with Gasteiger partial charge in [0, 0.05) is 29.7 Å². The summed E-state index contributed by atoms with van der Waals surface area (Å²) in [6, 6.07) is 11.2.